The molecule has 10 heteroatoms. The third kappa shape index (κ3) is 9.88. The molecule has 0 saturated heterocycles. The van der Waals surface area contributed by atoms with Crippen molar-refractivity contribution in [3.8, 4) is 0 Å². The van der Waals surface area contributed by atoms with Gasteiger partial charge in [-0.15, -0.1) is 0 Å². The lowest BCUT2D eigenvalue weighted by Crippen LogP contribution is -2.42. The number of phosphoric acid groups is 1. The second-order valence-corrected chi connectivity index (χ2v) is 5.40. The molecule has 0 aliphatic rings. The number of nitrogens with one attached hydrogen (secondary N) is 2. The lowest BCUT2D eigenvalue weighted by molar-refractivity contribution is -0.223. The van der Waals surface area contributed by atoms with Crippen LogP contribution in [0.2, 0.25) is 0 Å². The van der Waals surface area contributed by atoms with E-state index in [2.05, 4.69) is 19.7 Å². The highest BCUT2D eigenvalue weighted by atomic mass is 31.2. The standard InChI is InChI=1S/C10H21N2O7P/c1-8(13)11-5-4-10(14)12-9(6-17-2)7-19-20(15,16)18-3/h9H,4-7H2,1-3H3,(H,11,13)(H,12,14)(H,15,16)/p-1. The van der Waals surface area contributed by atoms with Crippen molar-refractivity contribution in [2.75, 3.05) is 34.0 Å². The lowest BCUT2D eigenvalue weighted by Gasteiger charge is -2.24. The van der Waals surface area contributed by atoms with Gasteiger partial charge in [0.25, 0.3) is 7.82 Å². The van der Waals surface area contributed by atoms with E-state index in [1.54, 1.807) is 0 Å². The topological polar surface area (TPSA) is 126 Å². The molecule has 2 N–H and O–H groups in total. The summed E-state index contributed by atoms with van der Waals surface area (Å²) in [5.41, 5.74) is 0. The molecule has 2 atom stereocenters. The fraction of sp³-hybridized carbons (Fsp3) is 0.800. The number of carbonyl (C=O) groups excluding carboxylic acids is 2. The van der Waals surface area contributed by atoms with E-state index < -0.39 is 13.9 Å². The van der Waals surface area contributed by atoms with Gasteiger partial charge in [-0.3, -0.25) is 14.2 Å². The molecule has 0 aromatic carbocycles. The molecule has 2 unspecified atom stereocenters. The number of ether oxygens (including phenoxy) is 1. The zero-order chi connectivity index (χ0) is 15.6. The summed E-state index contributed by atoms with van der Waals surface area (Å²) < 4.78 is 24.6. The molecule has 0 heterocycles. The first-order valence-corrected chi connectivity index (χ1v) is 7.31. The van der Waals surface area contributed by atoms with E-state index >= 15 is 0 Å². The predicted molar refractivity (Wildman–Crippen MR) is 67.7 cm³/mol. The second kappa shape index (κ2) is 9.84. The second-order valence-electron chi connectivity index (χ2n) is 3.88. The Morgan fingerprint density at radius 3 is 2.45 bits per heavy atom. The minimum Gasteiger partial charge on any atom is -0.756 e. The summed E-state index contributed by atoms with van der Waals surface area (Å²) >= 11 is 0. The molecular formula is C10H20N2O7P-. The molecule has 0 bridgehead atoms. The number of phosphoric ester groups is 1. The van der Waals surface area contributed by atoms with Crippen molar-refractivity contribution < 1.29 is 32.8 Å². The summed E-state index contributed by atoms with van der Waals surface area (Å²) in [7, 11) is -1.96. The minimum atomic E-state index is -4.34. The van der Waals surface area contributed by atoms with Gasteiger partial charge in [0.05, 0.1) is 19.3 Å². The maximum absolute atomic E-state index is 11.6. The maximum Gasteiger partial charge on any atom is 0.267 e. The molecule has 118 valence electrons. The van der Waals surface area contributed by atoms with Crippen molar-refractivity contribution in [2.24, 2.45) is 0 Å². The van der Waals surface area contributed by atoms with Crippen molar-refractivity contribution in [1.82, 2.24) is 10.6 Å². The fourth-order valence-corrected chi connectivity index (χ4v) is 1.69. The minimum absolute atomic E-state index is 0.0686. The average Bonchev–Trinajstić information content (AvgIpc) is 2.36. The molecule has 0 saturated carbocycles. The van der Waals surface area contributed by atoms with Crippen LogP contribution in [0.3, 0.4) is 0 Å². The van der Waals surface area contributed by atoms with Crippen LogP contribution in [0.15, 0.2) is 0 Å². The van der Waals surface area contributed by atoms with Crippen LogP contribution in [0.1, 0.15) is 13.3 Å². The normalized spacial score (nSPS) is 15.2. The Kier molecular flexibility index (Phi) is 9.35. The average molecular weight is 311 g/mol. The first-order valence-electron chi connectivity index (χ1n) is 5.84. The monoisotopic (exact) mass is 311 g/mol. The molecule has 0 spiro atoms. The van der Waals surface area contributed by atoms with E-state index in [9.17, 15) is 19.0 Å². The first-order chi connectivity index (χ1) is 9.30. The smallest absolute Gasteiger partial charge is 0.267 e. The van der Waals surface area contributed by atoms with E-state index in [4.69, 9.17) is 4.74 Å². The van der Waals surface area contributed by atoms with Gasteiger partial charge in [-0.05, 0) is 0 Å². The molecule has 0 rings (SSSR count). The Morgan fingerprint density at radius 1 is 1.30 bits per heavy atom. The highest BCUT2D eigenvalue weighted by Crippen LogP contribution is 2.36. The molecule has 0 aliphatic carbocycles. The van der Waals surface area contributed by atoms with E-state index in [1.165, 1.54) is 14.0 Å². The molecule has 0 radical (unpaired) electrons. The summed E-state index contributed by atoms with van der Waals surface area (Å²) in [5, 5.41) is 5.00. The molecule has 0 aromatic heterocycles. The number of hydrogen-bond donors (Lipinski definition) is 2. The molecule has 2 amide bonds. The number of methoxy groups -OCH3 is 1. The van der Waals surface area contributed by atoms with Crippen molar-refractivity contribution >= 4 is 19.6 Å². The maximum atomic E-state index is 11.6. The van der Waals surface area contributed by atoms with Crippen molar-refractivity contribution in [3.63, 3.8) is 0 Å². The van der Waals surface area contributed by atoms with Crippen LogP contribution in [-0.2, 0) is 27.9 Å². The Hall–Kier alpha value is -0.990. The van der Waals surface area contributed by atoms with Crippen LogP contribution in [0.4, 0.5) is 0 Å². The van der Waals surface area contributed by atoms with Crippen molar-refractivity contribution in [3.05, 3.63) is 0 Å². The Balaban J connectivity index is 4.15. The quantitative estimate of drug-likeness (QED) is 0.484. The van der Waals surface area contributed by atoms with E-state index in [-0.39, 0.29) is 38.0 Å². The summed E-state index contributed by atoms with van der Waals surface area (Å²) in [6.07, 6.45) is 0.0686. The Morgan fingerprint density at radius 2 is 1.95 bits per heavy atom. The van der Waals surface area contributed by atoms with Crippen LogP contribution in [0.5, 0.6) is 0 Å². The fourth-order valence-electron chi connectivity index (χ4n) is 1.22. The molecule has 0 aromatic rings. The van der Waals surface area contributed by atoms with Crippen LogP contribution < -0.4 is 15.5 Å². The van der Waals surface area contributed by atoms with E-state index in [0.29, 0.717) is 0 Å². The van der Waals surface area contributed by atoms with Crippen molar-refractivity contribution in [2.45, 2.75) is 19.4 Å². The molecular weight excluding hydrogens is 291 g/mol. The van der Waals surface area contributed by atoms with E-state index in [0.717, 1.165) is 7.11 Å². The van der Waals surface area contributed by atoms with Gasteiger partial charge in [0, 0.05) is 34.1 Å². The van der Waals surface area contributed by atoms with Gasteiger partial charge in [0.1, 0.15) is 0 Å². The van der Waals surface area contributed by atoms with Crippen LogP contribution in [0, 0.1) is 0 Å². The number of amides is 2. The highest BCUT2D eigenvalue weighted by molar-refractivity contribution is 7.45. The molecule has 20 heavy (non-hydrogen) atoms. The Labute approximate surface area is 117 Å². The largest absolute Gasteiger partial charge is 0.756 e. The molecule has 9 nitrogen and oxygen atoms in total. The number of rotatable bonds is 10. The number of hydrogen-bond acceptors (Lipinski definition) is 7. The summed E-state index contributed by atoms with van der Waals surface area (Å²) in [4.78, 5) is 33.2. The summed E-state index contributed by atoms with van der Waals surface area (Å²) in [6.45, 7) is 1.32. The van der Waals surface area contributed by atoms with Crippen LogP contribution in [0.25, 0.3) is 0 Å². The predicted octanol–water partition coefficient (Wildman–Crippen LogP) is -1.22. The summed E-state index contributed by atoms with van der Waals surface area (Å²) in [5.74, 6) is -0.593. The Bertz CT molecular complexity index is 364. The van der Waals surface area contributed by atoms with Crippen LogP contribution >= 0.6 is 7.82 Å². The molecule has 0 aliphatic heterocycles. The SMILES string of the molecule is COCC(COP(=O)([O-])OC)NC(=O)CCNC(C)=O. The summed E-state index contributed by atoms with van der Waals surface area (Å²) in [6, 6.07) is -0.637. The first kappa shape index (κ1) is 19.0. The van der Waals surface area contributed by atoms with Gasteiger partial charge in [0.2, 0.25) is 11.8 Å². The van der Waals surface area contributed by atoms with Gasteiger partial charge in [0.15, 0.2) is 0 Å². The van der Waals surface area contributed by atoms with Crippen molar-refractivity contribution in [1.29, 1.82) is 0 Å². The number of carbonyl (C=O) groups is 2. The van der Waals surface area contributed by atoms with Gasteiger partial charge >= 0.3 is 0 Å². The van der Waals surface area contributed by atoms with Gasteiger partial charge in [-0.1, -0.05) is 0 Å². The van der Waals surface area contributed by atoms with Crippen LogP contribution in [-0.4, -0.2) is 51.8 Å². The molecule has 0 fully saturated rings. The zero-order valence-corrected chi connectivity index (χ0v) is 12.6. The van der Waals surface area contributed by atoms with Gasteiger partial charge in [-0.2, -0.15) is 0 Å². The highest BCUT2D eigenvalue weighted by Gasteiger charge is 2.16. The van der Waals surface area contributed by atoms with Gasteiger partial charge < -0.3 is 29.3 Å². The van der Waals surface area contributed by atoms with E-state index in [1.807, 2.05) is 0 Å². The van der Waals surface area contributed by atoms with Gasteiger partial charge in [-0.25, -0.2) is 0 Å². The zero-order valence-electron chi connectivity index (χ0n) is 11.7. The lowest BCUT2D eigenvalue weighted by atomic mass is 10.3. The third-order valence-corrected chi connectivity index (χ3v) is 3.03. The third-order valence-electron chi connectivity index (χ3n) is 2.12.